The van der Waals surface area contributed by atoms with Crippen LogP contribution in [0.5, 0.6) is 0 Å². The van der Waals surface area contributed by atoms with Gasteiger partial charge in [-0.05, 0) is 26.7 Å². The third-order valence-corrected chi connectivity index (χ3v) is 3.71. The van der Waals surface area contributed by atoms with Crippen LogP contribution in [0.1, 0.15) is 33.1 Å². The van der Waals surface area contributed by atoms with E-state index in [1.54, 1.807) is 0 Å². The maximum absolute atomic E-state index is 11.8. The fraction of sp³-hybridized carbons (Fsp3) is 0.909. The Bertz CT molecular complexity index is 233. The summed E-state index contributed by atoms with van der Waals surface area (Å²) >= 11 is 0. The highest BCUT2D eigenvalue weighted by atomic mass is 16.2. The topological polar surface area (TPSA) is 32.3 Å². The Morgan fingerprint density at radius 1 is 1.43 bits per heavy atom. The van der Waals surface area contributed by atoms with Gasteiger partial charge >= 0.3 is 0 Å². The average Bonchev–Trinajstić information content (AvgIpc) is 2.23. The molecule has 0 radical (unpaired) electrons. The number of nitrogens with one attached hydrogen (secondary N) is 1. The second-order valence-corrected chi connectivity index (χ2v) is 4.95. The molecule has 2 fully saturated rings. The molecular formula is C11H20N2O. The molecule has 0 unspecified atom stereocenters. The van der Waals surface area contributed by atoms with Crippen LogP contribution in [0.4, 0.5) is 0 Å². The third-order valence-electron chi connectivity index (χ3n) is 3.71. The van der Waals surface area contributed by atoms with Crippen LogP contribution in [-0.4, -0.2) is 36.5 Å². The van der Waals surface area contributed by atoms with Crippen molar-refractivity contribution in [1.29, 1.82) is 0 Å². The summed E-state index contributed by atoms with van der Waals surface area (Å²) in [6.45, 7) is 7.21. The van der Waals surface area contributed by atoms with Gasteiger partial charge in [-0.1, -0.05) is 6.42 Å². The molecule has 2 rings (SSSR count). The van der Waals surface area contributed by atoms with Gasteiger partial charge in [0.2, 0.25) is 5.91 Å². The van der Waals surface area contributed by atoms with Crippen LogP contribution in [0, 0.1) is 5.41 Å². The molecule has 0 aromatic rings. The van der Waals surface area contributed by atoms with Crippen LogP contribution in [0.25, 0.3) is 0 Å². The smallest absolute Gasteiger partial charge is 0.227 e. The maximum Gasteiger partial charge on any atom is 0.227 e. The summed E-state index contributed by atoms with van der Waals surface area (Å²) < 4.78 is 0. The summed E-state index contributed by atoms with van der Waals surface area (Å²) in [6, 6.07) is 0.556. The zero-order chi connectivity index (χ0) is 10.2. The highest BCUT2D eigenvalue weighted by molar-refractivity contribution is 5.84. The molecule has 14 heavy (non-hydrogen) atoms. The average molecular weight is 196 g/mol. The number of nitrogens with zero attached hydrogens (tertiary/aromatic N) is 1. The number of carbonyl (C=O) groups excluding carboxylic acids is 1. The Morgan fingerprint density at radius 2 is 2.14 bits per heavy atom. The van der Waals surface area contributed by atoms with Crippen molar-refractivity contribution in [3.05, 3.63) is 0 Å². The molecule has 0 aromatic carbocycles. The van der Waals surface area contributed by atoms with Crippen LogP contribution in [-0.2, 0) is 4.79 Å². The van der Waals surface area contributed by atoms with E-state index in [0.29, 0.717) is 11.9 Å². The molecule has 0 atom stereocenters. The first-order chi connectivity index (χ1) is 6.64. The van der Waals surface area contributed by atoms with Crippen LogP contribution < -0.4 is 5.32 Å². The molecule has 1 aliphatic carbocycles. The lowest BCUT2D eigenvalue weighted by Crippen LogP contribution is -2.49. The van der Waals surface area contributed by atoms with Gasteiger partial charge in [-0.25, -0.2) is 0 Å². The molecule has 1 aliphatic heterocycles. The van der Waals surface area contributed by atoms with Crippen molar-refractivity contribution in [1.82, 2.24) is 10.2 Å². The highest BCUT2D eigenvalue weighted by Crippen LogP contribution is 2.42. The first kappa shape index (κ1) is 9.97. The maximum atomic E-state index is 11.8. The molecule has 3 nitrogen and oxygen atoms in total. The van der Waals surface area contributed by atoms with Gasteiger partial charge in [-0.3, -0.25) is 9.69 Å². The molecule has 0 bridgehead atoms. The molecule has 0 aromatic heterocycles. The Morgan fingerprint density at radius 3 is 2.64 bits per heavy atom. The molecule has 1 saturated carbocycles. The molecule has 2 aliphatic rings. The molecule has 1 spiro atoms. The van der Waals surface area contributed by atoms with E-state index >= 15 is 0 Å². The highest BCUT2D eigenvalue weighted by Gasteiger charge is 2.46. The van der Waals surface area contributed by atoms with Crippen molar-refractivity contribution in [2.24, 2.45) is 5.41 Å². The van der Waals surface area contributed by atoms with Gasteiger partial charge in [-0.2, -0.15) is 0 Å². The number of amides is 1. The predicted octanol–water partition coefficient (Wildman–Crippen LogP) is 0.997. The van der Waals surface area contributed by atoms with Crippen molar-refractivity contribution in [3.63, 3.8) is 0 Å². The first-order valence-electron chi connectivity index (χ1n) is 5.66. The van der Waals surface area contributed by atoms with Gasteiger partial charge in [0.15, 0.2) is 0 Å². The zero-order valence-corrected chi connectivity index (χ0v) is 9.18. The summed E-state index contributed by atoms with van der Waals surface area (Å²) in [5.74, 6) is 0.298. The van der Waals surface area contributed by atoms with E-state index in [4.69, 9.17) is 0 Å². The fourth-order valence-electron chi connectivity index (χ4n) is 2.47. The standard InChI is InChI=1S/C11H20N2O/c1-9(2)13-7-6-12-10(14)11(8-13)4-3-5-11/h9H,3-8H2,1-2H3,(H,12,14). The monoisotopic (exact) mass is 196 g/mol. The molecule has 80 valence electrons. The number of hydrogen-bond acceptors (Lipinski definition) is 2. The fourth-order valence-corrected chi connectivity index (χ4v) is 2.47. The van der Waals surface area contributed by atoms with Gasteiger partial charge in [0.05, 0.1) is 5.41 Å². The second-order valence-electron chi connectivity index (χ2n) is 4.95. The van der Waals surface area contributed by atoms with Gasteiger partial charge < -0.3 is 5.32 Å². The largest absolute Gasteiger partial charge is 0.354 e. The van der Waals surface area contributed by atoms with Crippen molar-refractivity contribution in [3.8, 4) is 0 Å². The van der Waals surface area contributed by atoms with Gasteiger partial charge in [0.1, 0.15) is 0 Å². The van der Waals surface area contributed by atoms with E-state index in [9.17, 15) is 4.79 Å². The number of carbonyl (C=O) groups is 1. The van der Waals surface area contributed by atoms with Gasteiger partial charge in [-0.15, -0.1) is 0 Å². The van der Waals surface area contributed by atoms with E-state index in [0.717, 1.165) is 32.5 Å². The Hall–Kier alpha value is -0.570. The predicted molar refractivity (Wildman–Crippen MR) is 56.0 cm³/mol. The lowest BCUT2D eigenvalue weighted by molar-refractivity contribution is -0.136. The molecular weight excluding hydrogens is 176 g/mol. The Labute approximate surface area is 85.8 Å². The van der Waals surface area contributed by atoms with Crippen molar-refractivity contribution < 1.29 is 4.79 Å². The van der Waals surface area contributed by atoms with Crippen LogP contribution in [0.2, 0.25) is 0 Å². The minimum Gasteiger partial charge on any atom is -0.354 e. The van der Waals surface area contributed by atoms with E-state index in [2.05, 4.69) is 24.1 Å². The molecule has 1 N–H and O–H groups in total. The molecule has 1 heterocycles. The summed E-state index contributed by atoms with van der Waals surface area (Å²) in [7, 11) is 0. The lowest BCUT2D eigenvalue weighted by atomic mass is 9.68. The molecule has 1 amide bonds. The Kier molecular flexibility index (Phi) is 2.52. The quantitative estimate of drug-likeness (QED) is 0.678. The van der Waals surface area contributed by atoms with E-state index < -0.39 is 0 Å². The normalized spacial score (nSPS) is 27.2. The van der Waals surface area contributed by atoms with Crippen molar-refractivity contribution in [2.45, 2.75) is 39.2 Å². The van der Waals surface area contributed by atoms with E-state index in [1.807, 2.05) is 0 Å². The van der Waals surface area contributed by atoms with Gasteiger partial charge in [0, 0.05) is 25.7 Å². The van der Waals surface area contributed by atoms with Crippen LogP contribution in [0.15, 0.2) is 0 Å². The zero-order valence-electron chi connectivity index (χ0n) is 9.18. The SMILES string of the molecule is CC(C)N1CCNC(=O)C2(CCC2)C1. The van der Waals surface area contributed by atoms with Crippen molar-refractivity contribution in [2.75, 3.05) is 19.6 Å². The van der Waals surface area contributed by atoms with E-state index in [1.165, 1.54) is 6.42 Å². The number of rotatable bonds is 1. The summed E-state index contributed by atoms with van der Waals surface area (Å²) in [5.41, 5.74) is -0.0270. The lowest BCUT2D eigenvalue weighted by Gasteiger charge is -2.42. The minimum atomic E-state index is -0.0270. The Balaban J connectivity index is 2.10. The summed E-state index contributed by atoms with van der Waals surface area (Å²) in [4.78, 5) is 14.3. The molecule has 1 saturated heterocycles. The van der Waals surface area contributed by atoms with Crippen LogP contribution >= 0.6 is 0 Å². The second kappa shape index (κ2) is 3.54. The first-order valence-corrected chi connectivity index (χ1v) is 5.66. The summed E-state index contributed by atoms with van der Waals surface area (Å²) in [6.07, 6.45) is 3.39. The van der Waals surface area contributed by atoms with E-state index in [-0.39, 0.29) is 5.41 Å². The van der Waals surface area contributed by atoms with Gasteiger partial charge in [0.25, 0.3) is 0 Å². The third kappa shape index (κ3) is 1.54. The summed E-state index contributed by atoms with van der Waals surface area (Å²) in [5, 5.41) is 3.04. The number of hydrogen-bond donors (Lipinski definition) is 1. The minimum absolute atomic E-state index is 0.0270. The van der Waals surface area contributed by atoms with Crippen molar-refractivity contribution >= 4 is 5.91 Å². The molecule has 3 heteroatoms. The van der Waals surface area contributed by atoms with Crippen LogP contribution in [0.3, 0.4) is 0 Å².